The number of rotatable bonds is 3. The van der Waals surface area contributed by atoms with Gasteiger partial charge in [0, 0.05) is 6.54 Å². The second kappa shape index (κ2) is 5.29. The minimum absolute atomic E-state index is 0.232. The van der Waals surface area contributed by atoms with Gasteiger partial charge in [-0.15, -0.1) is 0 Å². The van der Waals surface area contributed by atoms with Crippen LogP contribution in [-0.4, -0.2) is 12.5 Å². The van der Waals surface area contributed by atoms with Crippen LogP contribution in [0.1, 0.15) is 12.5 Å². The number of halogens is 2. The van der Waals surface area contributed by atoms with Crippen LogP contribution in [-0.2, 0) is 6.54 Å². The van der Waals surface area contributed by atoms with Crippen LogP contribution in [0.4, 0.5) is 8.78 Å². The number of nitrogens with zero attached hydrogens (tertiary/aromatic N) is 1. The second-order valence-corrected chi connectivity index (χ2v) is 2.98. The first-order valence-electron chi connectivity index (χ1n) is 4.61. The van der Waals surface area contributed by atoms with E-state index in [9.17, 15) is 8.78 Å². The van der Waals surface area contributed by atoms with E-state index in [-0.39, 0.29) is 6.54 Å². The molecule has 1 aromatic rings. The van der Waals surface area contributed by atoms with E-state index in [1.807, 2.05) is 6.92 Å². The first-order chi connectivity index (χ1) is 7.13. The molecular weight excluding hydrogens is 200 g/mol. The van der Waals surface area contributed by atoms with Gasteiger partial charge in [-0.1, -0.05) is 6.07 Å². The van der Waals surface area contributed by atoms with Gasteiger partial charge in [-0.25, -0.2) is 13.8 Å². The van der Waals surface area contributed by atoms with E-state index in [2.05, 4.69) is 10.3 Å². The number of hydrogen-bond donors (Lipinski definition) is 2. The minimum atomic E-state index is -0.871. The first-order valence-corrected chi connectivity index (χ1v) is 4.61. The molecule has 0 aliphatic heterocycles. The van der Waals surface area contributed by atoms with Gasteiger partial charge in [0.05, 0.1) is 6.54 Å². The zero-order chi connectivity index (χ0) is 11.3. The molecule has 15 heavy (non-hydrogen) atoms. The zero-order valence-electron chi connectivity index (χ0n) is 8.43. The van der Waals surface area contributed by atoms with Crippen LogP contribution in [0.2, 0.25) is 0 Å². The van der Waals surface area contributed by atoms with Crippen LogP contribution in [0, 0.1) is 11.6 Å². The summed E-state index contributed by atoms with van der Waals surface area (Å²) in [7, 11) is 0. The lowest BCUT2D eigenvalue weighted by Gasteiger charge is -2.02. The van der Waals surface area contributed by atoms with Crippen molar-refractivity contribution >= 4 is 5.96 Å². The van der Waals surface area contributed by atoms with Crippen molar-refractivity contribution in [2.75, 3.05) is 6.54 Å². The van der Waals surface area contributed by atoms with Crippen molar-refractivity contribution in [2.24, 2.45) is 10.7 Å². The molecule has 0 fully saturated rings. The third-order valence-corrected chi connectivity index (χ3v) is 1.77. The molecule has 0 amide bonds. The zero-order valence-corrected chi connectivity index (χ0v) is 8.43. The summed E-state index contributed by atoms with van der Waals surface area (Å²) in [5, 5.41) is 2.80. The summed E-state index contributed by atoms with van der Waals surface area (Å²) in [5.41, 5.74) is 6.05. The molecule has 1 aromatic carbocycles. The molecule has 0 saturated heterocycles. The van der Waals surface area contributed by atoms with Gasteiger partial charge in [0.2, 0.25) is 0 Å². The summed E-state index contributed by atoms with van der Waals surface area (Å²) in [5.74, 6) is -1.44. The monoisotopic (exact) mass is 213 g/mol. The Bertz CT molecular complexity index is 364. The van der Waals surface area contributed by atoms with Crippen molar-refractivity contribution in [1.82, 2.24) is 5.32 Å². The van der Waals surface area contributed by atoms with Gasteiger partial charge in [0.25, 0.3) is 0 Å². The molecule has 0 aliphatic rings. The van der Waals surface area contributed by atoms with E-state index in [4.69, 9.17) is 5.73 Å². The fraction of sp³-hybridized carbons (Fsp3) is 0.300. The summed E-state index contributed by atoms with van der Waals surface area (Å²) in [4.78, 5) is 3.95. The minimum Gasteiger partial charge on any atom is -0.370 e. The molecule has 0 unspecified atom stereocenters. The average molecular weight is 213 g/mol. The highest BCUT2D eigenvalue weighted by molar-refractivity contribution is 5.77. The molecule has 0 aliphatic carbocycles. The maximum absolute atomic E-state index is 12.8. The van der Waals surface area contributed by atoms with Crippen LogP contribution in [0.15, 0.2) is 23.2 Å². The second-order valence-electron chi connectivity index (χ2n) is 2.98. The Kier molecular flexibility index (Phi) is 4.03. The summed E-state index contributed by atoms with van der Waals surface area (Å²) in [6.45, 7) is 2.79. The molecule has 0 saturated carbocycles. The number of hydrogen-bond acceptors (Lipinski definition) is 1. The quantitative estimate of drug-likeness (QED) is 0.589. The third-order valence-electron chi connectivity index (χ3n) is 1.77. The Morgan fingerprint density at radius 3 is 2.73 bits per heavy atom. The van der Waals surface area contributed by atoms with Crippen LogP contribution in [0.5, 0.6) is 0 Å². The van der Waals surface area contributed by atoms with Gasteiger partial charge in [0.15, 0.2) is 17.6 Å². The molecule has 0 atom stereocenters. The summed E-state index contributed by atoms with van der Waals surface area (Å²) >= 11 is 0. The predicted molar refractivity (Wildman–Crippen MR) is 55.4 cm³/mol. The van der Waals surface area contributed by atoms with Crippen LogP contribution in [0.25, 0.3) is 0 Å². The molecule has 0 heterocycles. The fourth-order valence-corrected chi connectivity index (χ4v) is 1.05. The highest BCUT2D eigenvalue weighted by atomic mass is 19.2. The predicted octanol–water partition coefficient (Wildman–Crippen LogP) is 1.39. The summed E-state index contributed by atoms with van der Waals surface area (Å²) in [6.07, 6.45) is 0. The van der Waals surface area contributed by atoms with Gasteiger partial charge in [-0.2, -0.15) is 0 Å². The van der Waals surface area contributed by atoms with Crippen molar-refractivity contribution < 1.29 is 8.78 Å². The van der Waals surface area contributed by atoms with Crippen molar-refractivity contribution in [3.05, 3.63) is 35.4 Å². The number of guanidine groups is 1. The SMILES string of the molecule is CCNC(N)=NCc1ccc(F)c(F)c1. The molecule has 3 N–H and O–H groups in total. The largest absolute Gasteiger partial charge is 0.370 e. The number of nitrogens with one attached hydrogen (secondary N) is 1. The maximum Gasteiger partial charge on any atom is 0.188 e. The standard InChI is InChI=1S/C10H13F2N3/c1-2-14-10(13)15-6-7-3-4-8(11)9(12)5-7/h3-5H,2,6H2,1H3,(H3,13,14,15). The van der Waals surface area contributed by atoms with Crippen molar-refractivity contribution in [3.63, 3.8) is 0 Å². The lowest BCUT2D eigenvalue weighted by Crippen LogP contribution is -2.31. The van der Waals surface area contributed by atoms with E-state index in [0.717, 1.165) is 12.1 Å². The molecule has 1 rings (SSSR count). The smallest absolute Gasteiger partial charge is 0.188 e. The third kappa shape index (κ3) is 3.53. The van der Waals surface area contributed by atoms with Crippen molar-refractivity contribution in [2.45, 2.75) is 13.5 Å². The Balaban J connectivity index is 2.65. The molecule has 0 spiro atoms. The van der Waals surface area contributed by atoms with E-state index in [1.165, 1.54) is 6.07 Å². The van der Waals surface area contributed by atoms with Crippen molar-refractivity contribution in [1.29, 1.82) is 0 Å². The van der Waals surface area contributed by atoms with Gasteiger partial charge in [-0.05, 0) is 24.6 Å². The fourth-order valence-electron chi connectivity index (χ4n) is 1.05. The number of nitrogens with two attached hydrogens (primary N) is 1. The first kappa shape index (κ1) is 11.4. The molecule has 0 radical (unpaired) electrons. The van der Waals surface area contributed by atoms with Crippen molar-refractivity contribution in [3.8, 4) is 0 Å². The number of aliphatic imine (C=N–C) groups is 1. The molecular formula is C10H13F2N3. The molecule has 3 nitrogen and oxygen atoms in total. The maximum atomic E-state index is 12.8. The topological polar surface area (TPSA) is 50.4 Å². The molecule has 0 aromatic heterocycles. The van der Waals surface area contributed by atoms with E-state index >= 15 is 0 Å². The Morgan fingerprint density at radius 2 is 2.13 bits per heavy atom. The lowest BCUT2D eigenvalue weighted by molar-refractivity contribution is 0.507. The molecule has 0 bridgehead atoms. The van der Waals surface area contributed by atoms with E-state index in [0.29, 0.717) is 18.1 Å². The normalized spacial score (nSPS) is 11.5. The van der Waals surface area contributed by atoms with Crippen LogP contribution < -0.4 is 11.1 Å². The highest BCUT2D eigenvalue weighted by Crippen LogP contribution is 2.09. The Hall–Kier alpha value is -1.65. The lowest BCUT2D eigenvalue weighted by atomic mass is 10.2. The van der Waals surface area contributed by atoms with E-state index < -0.39 is 11.6 Å². The van der Waals surface area contributed by atoms with Crippen LogP contribution >= 0.6 is 0 Å². The highest BCUT2D eigenvalue weighted by Gasteiger charge is 2.01. The average Bonchev–Trinajstić information content (AvgIpc) is 2.20. The number of benzene rings is 1. The summed E-state index contributed by atoms with van der Waals surface area (Å²) in [6, 6.07) is 3.66. The molecule has 5 heteroatoms. The van der Waals surface area contributed by atoms with Crippen LogP contribution in [0.3, 0.4) is 0 Å². The van der Waals surface area contributed by atoms with Gasteiger partial charge >= 0.3 is 0 Å². The van der Waals surface area contributed by atoms with Gasteiger partial charge in [0.1, 0.15) is 0 Å². The summed E-state index contributed by atoms with van der Waals surface area (Å²) < 4.78 is 25.4. The van der Waals surface area contributed by atoms with Gasteiger partial charge < -0.3 is 11.1 Å². The van der Waals surface area contributed by atoms with E-state index in [1.54, 1.807) is 0 Å². The van der Waals surface area contributed by atoms with Gasteiger partial charge in [-0.3, -0.25) is 0 Å². The molecule has 82 valence electrons. The Labute approximate surface area is 87.0 Å². The Morgan fingerprint density at radius 1 is 1.40 bits per heavy atom.